The van der Waals surface area contributed by atoms with Crippen LogP contribution in [0.4, 0.5) is 4.79 Å². The molecule has 3 rings (SSSR count). The number of carbonyl (C=O) groups excluding carboxylic acids is 3. The highest BCUT2D eigenvalue weighted by Gasteiger charge is 2.51. The van der Waals surface area contributed by atoms with Crippen LogP contribution in [0.25, 0.3) is 0 Å². The van der Waals surface area contributed by atoms with Crippen LogP contribution in [0.3, 0.4) is 0 Å². The lowest BCUT2D eigenvalue weighted by atomic mass is 9.89. The molecule has 0 atom stereocenters. The lowest BCUT2D eigenvalue weighted by Gasteiger charge is -2.25. The first kappa shape index (κ1) is 17.2. The molecule has 0 aromatic rings. The highest BCUT2D eigenvalue weighted by atomic mass is 16.2. The third kappa shape index (κ3) is 3.73. The number of amides is 4. The van der Waals surface area contributed by atoms with Gasteiger partial charge in [-0.3, -0.25) is 14.5 Å². The van der Waals surface area contributed by atoms with Crippen molar-refractivity contribution in [2.24, 2.45) is 5.92 Å². The lowest BCUT2D eigenvalue weighted by Crippen LogP contribution is -2.47. The van der Waals surface area contributed by atoms with Crippen LogP contribution >= 0.6 is 0 Å². The first-order valence-electron chi connectivity index (χ1n) is 9.51. The first-order valence-corrected chi connectivity index (χ1v) is 9.51. The largest absolute Gasteiger partial charge is 0.354 e. The third-order valence-corrected chi connectivity index (χ3v) is 5.82. The zero-order valence-electron chi connectivity index (χ0n) is 14.4. The molecule has 1 aliphatic heterocycles. The van der Waals surface area contributed by atoms with Gasteiger partial charge in [0.2, 0.25) is 5.91 Å². The van der Waals surface area contributed by atoms with Gasteiger partial charge in [0.15, 0.2) is 0 Å². The van der Waals surface area contributed by atoms with Gasteiger partial charge in [-0.05, 0) is 31.6 Å². The monoisotopic (exact) mass is 335 g/mol. The summed E-state index contributed by atoms with van der Waals surface area (Å²) in [5.41, 5.74) is -0.753. The average molecular weight is 335 g/mol. The number of hydrogen-bond donors (Lipinski definition) is 2. The predicted octanol–water partition coefficient (Wildman–Crippen LogP) is 2.33. The number of hydrogen-bond acceptors (Lipinski definition) is 3. The van der Waals surface area contributed by atoms with Gasteiger partial charge in [-0.1, -0.05) is 44.9 Å². The molecule has 2 aliphatic carbocycles. The summed E-state index contributed by atoms with van der Waals surface area (Å²) in [4.78, 5) is 38.3. The Balaban J connectivity index is 1.53. The third-order valence-electron chi connectivity index (χ3n) is 5.82. The van der Waals surface area contributed by atoms with Crippen LogP contribution in [0.5, 0.6) is 0 Å². The molecule has 0 aromatic carbocycles. The van der Waals surface area contributed by atoms with E-state index in [1.54, 1.807) is 0 Å². The Morgan fingerprint density at radius 2 is 1.67 bits per heavy atom. The number of carbonyl (C=O) groups is 3. The van der Waals surface area contributed by atoms with Crippen molar-refractivity contribution < 1.29 is 14.4 Å². The number of imide groups is 1. The van der Waals surface area contributed by atoms with E-state index in [0.29, 0.717) is 25.3 Å². The molecule has 6 nitrogen and oxygen atoms in total. The minimum absolute atomic E-state index is 0.154. The van der Waals surface area contributed by atoms with Crippen molar-refractivity contribution in [1.82, 2.24) is 15.5 Å². The van der Waals surface area contributed by atoms with E-state index in [9.17, 15) is 14.4 Å². The molecule has 3 aliphatic rings. The van der Waals surface area contributed by atoms with E-state index >= 15 is 0 Å². The van der Waals surface area contributed by atoms with E-state index in [4.69, 9.17) is 0 Å². The maximum absolute atomic E-state index is 12.7. The average Bonchev–Trinajstić information content (AvgIpc) is 2.76. The van der Waals surface area contributed by atoms with Crippen LogP contribution in [0.2, 0.25) is 0 Å². The fourth-order valence-corrected chi connectivity index (χ4v) is 4.34. The van der Waals surface area contributed by atoms with Gasteiger partial charge in [-0.25, -0.2) is 4.79 Å². The standard InChI is InChI=1S/C18H29N3O3/c22-15(19-12-14-8-4-3-5-9-14)13-21-16(23)18(20-17(21)24)10-6-1-2-7-11-18/h14H,1-13H2,(H,19,22)(H,20,24). The molecule has 0 bridgehead atoms. The van der Waals surface area contributed by atoms with E-state index in [-0.39, 0.29) is 18.4 Å². The summed E-state index contributed by atoms with van der Waals surface area (Å²) in [7, 11) is 0. The highest BCUT2D eigenvalue weighted by molar-refractivity contribution is 6.09. The summed E-state index contributed by atoms with van der Waals surface area (Å²) in [6.45, 7) is 0.507. The number of urea groups is 1. The van der Waals surface area contributed by atoms with Gasteiger partial charge in [0.05, 0.1) is 0 Å². The topological polar surface area (TPSA) is 78.5 Å². The van der Waals surface area contributed by atoms with E-state index in [2.05, 4.69) is 10.6 Å². The molecule has 0 aromatic heterocycles. The van der Waals surface area contributed by atoms with Gasteiger partial charge >= 0.3 is 6.03 Å². The molecule has 0 radical (unpaired) electrons. The Morgan fingerprint density at radius 3 is 2.33 bits per heavy atom. The zero-order chi connectivity index (χ0) is 17.0. The molecule has 1 heterocycles. The van der Waals surface area contributed by atoms with Crippen molar-refractivity contribution in [3.8, 4) is 0 Å². The van der Waals surface area contributed by atoms with Gasteiger partial charge < -0.3 is 10.6 Å². The quantitative estimate of drug-likeness (QED) is 0.774. The fraction of sp³-hybridized carbons (Fsp3) is 0.833. The van der Waals surface area contributed by atoms with Gasteiger partial charge in [-0.15, -0.1) is 0 Å². The van der Waals surface area contributed by atoms with E-state index in [1.165, 1.54) is 19.3 Å². The molecule has 24 heavy (non-hydrogen) atoms. The minimum Gasteiger partial charge on any atom is -0.354 e. The van der Waals surface area contributed by atoms with Crippen LogP contribution in [-0.2, 0) is 9.59 Å². The number of nitrogens with one attached hydrogen (secondary N) is 2. The zero-order valence-corrected chi connectivity index (χ0v) is 14.4. The second-order valence-corrected chi connectivity index (χ2v) is 7.63. The first-order chi connectivity index (χ1) is 11.6. The molecule has 1 spiro atoms. The van der Waals surface area contributed by atoms with Crippen LogP contribution in [-0.4, -0.2) is 41.4 Å². The van der Waals surface area contributed by atoms with E-state index < -0.39 is 11.6 Å². The Labute approximate surface area is 143 Å². The fourth-order valence-electron chi connectivity index (χ4n) is 4.34. The molecule has 0 unspecified atom stereocenters. The second kappa shape index (κ2) is 7.53. The Morgan fingerprint density at radius 1 is 1.04 bits per heavy atom. The minimum atomic E-state index is -0.753. The van der Waals surface area contributed by atoms with Gasteiger partial charge in [0, 0.05) is 6.54 Å². The number of nitrogens with zero attached hydrogens (tertiary/aromatic N) is 1. The van der Waals surface area contributed by atoms with Crippen molar-refractivity contribution in [3.05, 3.63) is 0 Å². The van der Waals surface area contributed by atoms with Crippen molar-refractivity contribution in [2.45, 2.75) is 76.2 Å². The summed E-state index contributed by atoms with van der Waals surface area (Å²) >= 11 is 0. The predicted molar refractivity (Wildman–Crippen MR) is 90.3 cm³/mol. The molecular formula is C18H29N3O3. The molecule has 2 N–H and O–H groups in total. The van der Waals surface area contributed by atoms with E-state index in [0.717, 1.165) is 43.4 Å². The van der Waals surface area contributed by atoms with Crippen molar-refractivity contribution >= 4 is 17.8 Å². The lowest BCUT2D eigenvalue weighted by molar-refractivity contribution is -0.135. The Bertz CT molecular complexity index is 492. The summed E-state index contributed by atoms with van der Waals surface area (Å²) < 4.78 is 0. The molecule has 4 amide bonds. The molecule has 134 valence electrons. The smallest absolute Gasteiger partial charge is 0.325 e. The molecule has 2 saturated carbocycles. The Kier molecular flexibility index (Phi) is 5.41. The molecule has 3 fully saturated rings. The maximum atomic E-state index is 12.7. The summed E-state index contributed by atoms with van der Waals surface area (Å²) in [5.74, 6) is 0.107. The van der Waals surface area contributed by atoms with Crippen LogP contribution < -0.4 is 10.6 Å². The Hall–Kier alpha value is -1.59. The number of rotatable bonds is 4. The van der Waals surface area contributed by atoms with Crippen LogP contribution in [0.1, 0.15) is 70.6 Å². The van der Waals surface area contributed by atoms with Crippen molar-refractivity contribution in [3.63, 3.8) is 0 Å². The van der Waals surface area contributed by atoms with Gasteiger partial charge in [-0.2, -0.15) is 0 Å². The van der Waals surface area contributed by atoms with E-state index in [1.807, 2.05) is 0 Å². The van der Waals surface area contributed by atoms with Gasteiger partial charge in [0.25, 0.3) is 5.91 Å². The summed E-state index contributed by atoms with van der Waals surface area (Å²) in [6, 6.07) is -0.408. The van der Waals surface area contributed by atoms with Crippen LogP contribution in [0, 0.1) is 5.92 Å². The van der Waals surface area contributed by atoms with Crippen molar-refractivity contribution in [2.75, 3.05) is 13.1 Å². The maximum Gasteiger partial charge on any atom is 0.325 e. The SMILES string of the molecule is O=C(CN1C(=O)NC2(CCCCCC2)C1=O)NCC1CCCCC1. The summed E-state index contributed by atoms with van der Waals surface area (Å²) in [6.07, 6.45) is 11.6. The molecule has 1 saturated heterocycles. The summed E-state index contributed by atoms with van der Waals surface area (Å²) in [5, 5.41) is 5.79. The molecule has 6 heteroatoms. The van der Waals surface area contributed by atoms with Gasteiger partial charge in [0.1, 0.15) is 12.1 Å². The second-order valence-electron chi connectivity index (χ2n) is 7.63. The molecular weight excluding hydrogens is 306 g/mol. The van der Waals surface area contributed by atoms with Crippen molar-refractivity contribution in [1.29, 1.82) is 0 Å². The normalized spacial score (nSPS) is 24.8. The van der Waals surface area contributed by atoms with Crippen LogP contribution in [0.15, 0.2) is 0 Å². The highest BCUT2D eigenvalue weighted by Crippen LogP contribution is 2.32.